The standard InChI is InChI=1S/C19H23NO5/c1-8-5-9(2)17-10(3)16(23)13-6-12(21)7-14(18(13)25-17)20-19(24)11(4)15(8)22/h5-8,10-11,16-17,21,23H,1-4H3,(H,20,24)/b9-5+/t8-,10+,11-,16+,17-/m0/s1. The minimum absolute atomic E-state index is 0.0863. The summed E-state index contributed by atoms with van der Waals surface area (Å²) in [5.74, 6) is -1.95. The third kappa shape index (κ3) is 2.91. The molecule has 2 aliphatic rings. The zero-order chi connectivity index (χ0) is 18.5. The topological polar surface area (TPSA) is 95.9 Å². The van der Waals surface area contributed by atoms with Gasteiger partial charge in [0.15, 0.2) is 5.78 Å². The van der Waals surface area contributed by atoms with E-state index in [1.807, 2.05) is 13.8 Å². The zero-order valence-corrected chi connectivity index (χ0v) is 14.7. The molecule has 1 aromatic rings. The van der Waals surface area contributed by atoms with Crippen molar-refractivity contribution in [3.05, 3.63) is 29.3 Å². The maximum absolute atomic E-state index is 12.5. The van der Waals surface area contributed by atoms with Gasteiger partial charge in [0.25, 0.3) is 0 Å². The van der Waals surface area contributed by atoms with E-state index in [9.17, 15) is 19.8 Å². The van der Waals surface area contributed by atoms with Crippen molar-refractivity contribution in [1.82, 2.24) is 0 Å². The van der Waals surface area contributed by atoms with Crippen LogP contribution in [0.4, 0.5) is 5.69 Å². The molecule has 1 aromatic carbocycles. The predicted molar refractivity (Wildman–Crippen MR) is 92.4 cm³/mol. The van der Waals surface area contributed by atoms with E-state index in [4.69, 9.17) is 4.74 Å². The quantitative estimate of drug-likeness (QED) is 0.496. The number of nitrogens with one attached hydrogen (secondary N) is 1. The number of ether oxygens (including phenoxy) is 1. The second-order valence-electron chi connectivity index (χ2n) is 7.07. The number of benzene rings is 1. The van der Waals surface area contributed by atoms with Gasteiger partial charge in [0, 0.05) is 23.5 Å². The van der Waals surface area contributed by atoms with E-state index >= 15 is 0 Å². The molecular formula is C19H23NO5. The Morgan fingerprint density at radius 2 is 1.84 bits per heavy atom. The molecule has 0 unspecified atom stereocenters. The van der Waals surface area contributed by atoms with Gasteiger partial charge in [-0.1, -0.05) is 19.9 Å². The summed E-state index contributed by atoms with van der Waals surface area (Å²) in [6, 6.07) is 2.81. The van der Waals surface area contributed by atoms with E-state index in [0.29, 0.717) is 11.3 Å². The molecule has 0 aliphatic carbocycles. The summed E-state index contributed by atoms with van der Waals surface area (Å²) in [6.45, 7) is 7.03. The highest BCUT2D eigenvalue weighted by Crippen LogP contribution is 2.46. The number of Topliss-reactive ketones (excluding diaryl/α,β-unsaturated/α-hetero) is 1. The first kappa shape index (κ1) is 17.5. The van der Waals surface area contributed by atoms with Gasteiger partial charge in [-0.3, -0.25) is 9.59 Å². The van der Waals surface area contributed by atoms with Crippen LogP contribution in [0.1, 0.15) is 39.4 Å². The maximum Gasteiger partial charge on any atom is 0.234 e. The fourth-order valence-corrected chi connectivity index (χ4v) is 3.61. The monoisotopic (exact) mass is 345 g/mol. The average Bonchev–Trinajstić information content (AvgIpc) is 2.56. The van der Waals surface area contributed by atoms with Crippen molar-refractivity contribution in [2.75, 3.05) is 5.32 Å². The molecule has 0 spiro atoms. The van der Waals surface area contributed by atoms with Gasteiger partial charge in [-0.15, -0.1) is 0 Å². The van der Waals surface area contributed by atoms with Crippen LogP contribution in [0.25, 0.3) is 0 Å². The molecule has 2 aliphatic heterocycles. The van der Waals surface area contributed by atoms with Gasteiger partial charge in [0.2, 0.25) is 5.91 Å². The highest BCUT2D eigenvalue weighted by Gasteiger charge is 2.38. The normalized spacial score (nSPS) is 34.3. The van der Waals surface area contributed by atoms with Crippen LogP contribution < -0.4 is 10.1 Å². The first-order chi connectivity index (χ1) is 11.7. The van der Waals surface area contributed by atoms with Gasteiger partial charge >= 0.3 is 0 Å². The molecule has 5 atom stereocenters. The Kier molecular flexibility index (Phi) is 4.33. The lowest BCUT2D eigenvalue weighted by Gasteiger charge is -2.37. The van der Waals surface area contributed by atoms with E-state index in [-0.39, 0.29) is 23.1 Å². The van der Waals surface area contributed by atoms with Crippen LogP contribution in [0.15, 0.2) is 23.8 Å². The minimum atomic E-state index is -0.857. The molecule has 0 radical (unpaired) electrons. The highest BCUT2D eigenvalue weighted by atomic mass is 16.5. The molecular weight excluding hydrogens is 322 g/mol. The summed E-state index contributed by atoms with van der Waals surface area (Å²) in [5.41, 5.74) is 1.52. The SMILES string of the molecule is C/C1=C\[C@H](C)C(=O)[C@H](C)C(=O)Nc2cc(O)cc3c2O[C@@H]1[C@H](C)[C@H]3O. The first-order valence-corrected chi connectivity index (χ1v) is 8.45. The second-order valence-corrected chi connectivity index (χ2v) is 7.07. The van der Waals surface area contributed by atoms with Crippen molar-refractivity contribution in [3.63, 3.8) is 0 Å². The fraction of sp³-hybridized carbons (Fsp3) is 0.474. The summed E-state index contributed by atoms with van der Waals surface area (Å²) < 4.78 is 6.10. The molecule has 6 heteroatoms. The van der Waals surface area contributed by atoms with E-state index in [1.54, 1.807) is 19.9 Å². The Hall–Kier alpha value is -2.34. The molecule has 0 aromatic heterocycles. The van der Waals surface area contributed by atoms with Crippen molar-refractivity contribution in [2.45, 2.75) is 39.9 Å². The number of fused-ring (bicyclic) bond motifs is 1. The molecule has 0 saturated carbocycles. The predicted octanol–water partition coefficient (Wildman–Crippen LogP) is 2.56. The van der Waals surface area contributed by atoms with Crippen LogP contribution in [0.5, 0.6) is 11.5 Å². The lowest BCUT2D eigenvalue weighted by Crippen LogP contribution is -2.36. The summed E-state index contributed by atoms with van der Waals surface area (Å²) in [4.78, 5) is 25.0. The Morgan fingerprint density at radius 1 is 1.16 bits per heavy atom. The number of phenols is 1. The van der Waals surface area contributed by atoms with Gasteiger partial charge in [0.05, 0.1) is 17.7 Å². The van der Waals surface area contributed by atoms with Crippen molar-refractivity contribution < 1.29 is 24.5 Å². The van der Waals surface area contributed by atoms with E-state index in [0.717, 1.165) is 5.57 Å². The number of aromatic hydroxyl groups is 1. The number of amides is 1. The van der Waals surface area contributed by atoms with Crippen LogP contribution in [0.2, 0.25) is 0 Å². The molecule has 1 amide bonds. The van der Waals surface area contributed by atoms with Crippen LogP contribution in [-0.2, 0) is 9.59 Å². The number of hydrogen-bond acceptors (Lipinski definition) is 5. The number of anilines is 1. The third-order valence-corrected chi connectivity index (χ3v) is 5.13. The van der Waals surface area contributed by atoms with Gasteiger partial charge in [-0.2, -0.15) is 0 Å². The summed E-state index contributed by atoms with van der Waals surface area (Å²) in [7, 11) is 0. The summed E-state index contributed by atoms with van der Waals surface area (Å²) in [6.07, 6.45) is 0.520. The Labute approximate surface area is 146 Å². The number of aliphatic hydroxyl groups excluding tert-OH is 1. The molecule has 2 heterocycles. The van der Waals surface area contributed by atoms with Gasteiger partial charge in [-0.05, 0) is 25.5 Å². The van der Waals surface area contributed by atoms with E-state index < -0.39 is 30.0 Å². The second kappa shape index (κ2) is 6.19. The number of allylic oxidation sites excluding steroid dienone is 1. The molecule has 3 rings (SSSR count). The number of aliphatic hydroxyl groups is 1. The van der Waals surface area contributed by atoms with Gasteiger partial charge in [0.1, 0.15) is 17.6 Å². The summed E-state index contributed by atoms with van der Waals surface area (Å²) >= 11 is 0. The molecule has 0 fully saturated rings. The van der Waals surface area contributed by atoms with Crippen LogP contribution in [0.3, 0.4) is 0 Å². The fourth-order valence-electron chi connectivity index (χ4n) is 3.61. The zero-order valence-electron chi connectivity index (χ0n) is 14.7. The van der Waals surface area contributed by atoms with Crippen molar-refractivity contribution in [1.29, 1.82) is 0 Å². The van der Waals surface area contributed by atoms with Crippen molar-refractivity contribution in [3.8, 4) is 11.5 Å². The molecule has 25 heavy (non-hydrogen) atoms. The number of hydrogen-bond donors (Lipinski definition) is 3. The van der Waals surface area contributed by atoms with E-state index in [2.05, 4.69) is 5.32 Å². The molecule has 3 N–H and O–H groups in total. The maximum atomic E-state index is 12.5. The molecule has 6 nitrogen and oxygen atoms in total. The van der Waals surface area contributed by atoms with Crippen molar-refractivity contribution >= 4 is 17.4 Å². The van der Waals surface area contributed by atoms with Crippen LogP contribution in [0, 0.1) is 17.8 Å². The average molecular weight is 345 g/mol. The Morgan fingerprint density at radius 3 is 2.52 bits per heavy atom. The van der Waals surface area contributed by atoms with Crippen LogP contribution in [-0.4, -0.2) is 28.0 Å². The third-order valence-electron chi connectivity index (χ3n) is 5.13. The van der Waals surface area contributed by atoms with Crippen LogP contribution >= 0.6 is 0 Å². The minimum Gasteiger partial charge on any atom is -0.508 e. The first-order valence-electron chi connectivity index (χ1n) is 8.45. The highest BCUT2D eigenvalue weighted by molar-refractivity contribution is 6.08. The Bertz CT molecular complexity index is 769. The number of ketones is 1. The number of rotatable bonds is 0. The summed E-state index contributed by atoms with van der Waals surface area (Å²) in [5, 5.41) is 23.3. The number of phenolic OH excluding ortho intramolecular Hbond substituents is 1. The smallest absolute Gasteiger partial charge is 0.234 e. The Balaban J connectivity index is 2.21. The van der Waals surface area contributed by atoms with Gasteiger partial charge in [-0.25, -0.2) is 0 Å². The largest absolute Gasteiger partial charge is 0.508 e. The number of carbonyl (C=O) groups is 2. The van der Waals surface area contributed by atoms with Crippen molar-refractivity contribution in [2.24, 2.45) is 17.8 Å². The lowest BCUT2D eigenvalue weighted by molar-refractivity contribution is -0.131. The molecule has 0 saturated heterocycles. The number of carbonyl (C=O) groups excluding carboxylic acids is 2. The molecule has 134 valence electrons. The van der Waals surface area contributed by atoms with Gasteiger partial charge < -0.3 is 20.3 Å². The lowest BCUT2D eigenvalue weighted by atomic mass is 9.84. The van der Waals surface area contributed by atoms with E-state index in [1.165, 1.54) is 12.1 Å². The molecule has 2 bridgehead atoms.